The Morgan fingerprint density at radius 1 is 1.35 bits per heavy atom. The molecule has 0 aliphatic heterocycles. The minimum Gasteiger partial charge on any atom is -0.382 e. The Kier molecular flexibility index (Phi) is 7.11. The Bertz CT molecular complexity index is 664. The van der Waals surface area contributed by atoms with Crippen molar-refractivity contribution < 1.29 is 9.53 Å². The molecule has 1 heterocycles. The predicted octanol–water partition coefficient (Wildman–Crippen LogP) is 4.35. The second kappa shape index (κ2) is 9.08. The highest BCUT2D eigenvalue weighted by Crippen LogP contribution is 2.28. The highest BCUT2D eigenvalue weighted by Gasteiger charge is 2.10. The van der Waals surface area contributed by atoms with Crippen molar-refractivity contribution in [2.75, 3.05) is 25.1 Å². The van der Waals surface area contributed by atoms with E-state index in [1.54, 1.807) is 23.6 Å². The first kappa shape index (κ1) is 18.0. The van der Waals surface area contributed by atoms with Crippen LogP contribution in [0.5, 0.6) is 0 Å². The number of thiazole rings is 1. The first-order valence-electron chi connectivity index (χ1n) is 7.13. The number of anilines is 2. The number of rotatable bonds is 8. The highest BCUT2D eigenvalue weighted by molar-refractivity contribution is 7.14. The molecular formula is C15H17Cl2N3O2S. The Morgan fingerprint density at radius 2 is 2.17 bits per heavy atom. The van der Waals surface area contributed by atoms with Gasteiger partial charge in [-0.3, -0.25) is 4.79 Å². The summed E-state index contributed by atoms with van der Waals surface area (Å²) in [5.41, 5.74) is 1.14. The van der Waals surface area contributed by atoms with Crippen molar-refractivity contribution in [3.63, 3.8) is 0 Å². The van der Waals surface area contributed by atoms with E-state index in [0.717, 1.165) is 12.1 Å². The molecule has 1 aromatic heterocycles. The second-order valence-corrected chi connectivity index (χ2v) is 6.27. The van der Waals surface area contributed by atoms with E-state index in [-0.39, 0.29) is 5.91 Å². The maximum Gasteiger partial charge on any atom is 0.270 e. The van der Waals surface area contributed by atoms with Gasteiger partial charge in [0.15, 0.2) is 5.13 Å². The molecule has 0 spiro atoms. The third-order valence-electron chi connectivity index (χ3n) is 2.86. The summed E-state index contributed by atoms with van der Waals surface area (Å²) in [6.45, 7) is 3.82. The van der Waals surface area contributed by atoms with Gasteiger partial charge < -0.3 is 15.4 Å². The number of nitrogens with one attached hydrogen (secondary N) is 2. The first-order chi connectivity index (χ1) is 11.1. The fourth-order valence-electron chi connectivity index (χ4n) is 1.74. The number of ether oxygens (including phenoxy) is 1. The fraction of sp³-hybridized carbons (Fsp3) is 0.333. The maximum absolute atomic E-state index is 12.0. The lowest BCUT2D eigenvalue weighted by Crippen LogP contribution is -2.25. The van der Waals surface area contributed by atoms with Gasteiger partial charge in [-0.05, 0) is 31.5 Å². The number of amides is 1. The second-order valence-electron chi connectivity index (χ2n) is 4.60. The zero-order chi connectivity index (χ0) is 16.7. The molecule has 2 aromatic rings. The topological polar surface area (TPSA) is 63.2 Å². The van der Waals surface area contributed by atoms with Crippen molar-refractivity contribution in [1.82, 2.24) is 10.3 Å². The molecule has 0 aliphatic carbocycles. The SMILES string of the molecule is CCOCCCNC(=O)c1csc(Nc2ccc(Cl)c(Cl)c2)n1. The molecule has 0 fully saturated rings. The van der Waals surface area contributed by atoms with Crippen LogP contribution in [-0.4, -0.2) is 30.6 Å². The molecule has 8 heteroatoms. The van der Waals surface area contributed by atoms with E-state index in [1.807, 2.05) is 6.92 Å². The van der Waals surface area contributed by atoms with Crippen molar-refractivity contribution >= 4 is 51.3 Å². The molecule has 1 amide bonds. The molecule has 0 radical (unpaired) electrons. The molecule has 2 rings (SSSR count). The summed E-state index contributed by atoms with van der Waals surface area (Å²) in [6, 6.07) is 5.20. The summed E-state index contributed by atoms with van der Waals surface area (Å²) in [7, 11) is 0. The van der Waals surface area contributed by atoms with Gasteiger partial charge in [0, 0.05) is 30.8 Å². The largest absolute Gasteiger partial charge is 0.382 e. The number of nitrogens with zero attached hydrogens (tertiary/aromatic N) is 1. The summed E-state index contributed by atoms with van der Waals surface area (Å²) in [6.07, 6.45) is 0.776. The molecule has 0 bridgehead atoms. The minimum absolute atomic E-state index is 0.195. The van der Waals surface area contributed by atoms with Crippen LogP contribution in [0.4, 0.5) is 10.8 Å². The molecule has 0 saturated carbocycles. The van der Waals surface area contributed by atoms with Gasteiger partial charge in [0.05, 0.1) is 10.0 Å². The average molecular weight is 374 g/mol. The van der Waals surface area contributed by atoms with Gasteiger partial charge >= 0.3 is 0 Å². The Morgan fingerprint density at radius 3 is 2.91 bits per heavy atom. The monoisotopic (exact) mass is 373 g/mol. The lowest BCUT2D eigenvalue weighted by molar-refractivity contribution is 0.0940. The summed E-state index contributed by atoms with van der Waals surface area (Å²) < 4.78 is 5.21. The van der Waals surface area contributed by atoms with Crippen LogP contribution in [0.15, 0.2) is 23.6 Å². The zero-order valence-corrected chi connectivity index (χ0v) is 14.9. The quantitative estimate of drug-likeness (QED) is 0.675. The van der Waals surface area contributed by atoms with E-state index in [0.29, 0.717) is 40.6 Å². The number of benzene rings is 1. The van der Waals surface area contributed by atoms with Crippen molar-refractivity contribution in [2.24, 2.45) is 0 Å². The van der Waals surface area contributed by atoms with Gasteiger partial charge in [0.2, 0.25) is 0 Å². The zero-order valence-electron chi connectivity index (χ0n) is 12.6. The number of halogens is 2. The van der Waals surface area contributed by atoms with E-state index in [1.165, 1.54) is 11.3 Å². The van der Waals surface area contributed by atoms with Crippen molar-refractivity contribution in [2.45, 2.75) is 13.3 Å². The molecule has 0 aliphatic rings. The van der Waals surface area contributed by atoms with Crippen LogP contribution in [0, 0.1) is 0 Å². The third kappa shape index (κ3) is 5.66. The van der Waals surface area contributed by atoms with Gasteiger partial charge in [-0.2, -0.15) is 0 Å². The van der Waals surface area contributed by atoms with Crippen molar-refractivity contribution in [3.05, 3.63) is 39.3 Å². The smallest absolute Gasteiger partial charge is 0.270 e. The summed E-state index contributed by atoms with van der Waals surface area (Å²) in [5, 5.41) is 9.17. The number of hydrogen-bond donors (Lipinski definition) is 2. The molecule has 5 nitrogen and oxygen atoms in total. The van der Waals surface area contributed by atoms with Crippen LogP contribution in [0.3, 0.4) is 0 Å². The Hall–Kier alpha value is -1.34. The number of carbonyl (C=O) groups excluding carboxylic acids is 1. The van der Waals surface area contributed by atoms with Gasteiger partial charge in [-0.25, -0.2) is 4.98 Å². The van der Waals surface area contributed by atoms with Gasteiger partial charge in [-0.15, -0.1) is 11.3 Å². The van der Waals surface area contributed by atoms with Crippen LogP contribution in [0.2, 0.25) is 10.0 Å². The molecule has 23 heavy (non-hydrogen) atoms. The highest BCUT2D eigenvalue weighted by atomic mass is 35.5. The van der Waals surface area contributed by atoms with E-state index >= 15 is 0 Å². The number of aromatic nitrogens is 1. The number of hydrogen-bond acceptors (Lipinski definition) is 5. The predicted molar refractivity (Wildman–Crippen MR) is 95.3 cm³/mol. The molecular weight excluding hydrogens is 357 g/mol. The van der Waals surface area contributed by atoms with Crippen LogP contribution < -0.4 is 10.6 Å². The molecule has 124 valence electrons. The van der Waals surface area contributed by atoms with E-state index in [9.17, 15) is 4.79 Å². The summed E-state index contributed by atoms with van der Waals surface area (Å²) >= 11 is 13.2. The maximum atomic E-state index is 12.0. The average Bonchev–Trinajstić information content (AvgIpc) is 2.99. The van der Waals surface area contributed by atoms with Gasteiger partial charge in [0.1, 0.15) is 5.69 Å². The van der Waals surface area contributed by atoms with Crippen LogP contribution in [0.25, 0.3) is 0 Å². The molecule has 0 unspecified atom stereocenters. The van der Waals surface area contributed by atoms with Crippen molar-refractivity contribution in [1.29, 1.82) is 0 Å². The Labute approximate surface area is 149 Å². The minimum atomic E-state index is -0.195. The first-order valence-corrected chi connectivity index (χ1v) is 8.77. The standard InChI is InChI=1S/C15H17Cl2N3O2S/c1-2-22-7-3-6-18-14(21)13-9-23-15(20-13)19-10-4-5-11(16)12(17)8-10/h4-5,8-9H,2-3,6-7H2,1H3,(H,18,21)(H,19,20). The van der Waals surface area contributed by atoms with E-state index in [4.69, 9.17) is 27.9 Å². The normalized spacial score (nSPS) is 10.6. The fourth-order valence-corrected chi connectivity index (χ4v) is 2.75. The number of carbonyl (C=O) groups is 1. The molecule has 2 N–H and O–H groups in total. The van der Waals surface area contributed by atoms with E-state index in [2.05, 4.69) is 15.6 Å². The van der Waals surface area contributed by atoms with Crippen LogP contribution in [0.1, 0.15) is 23.8 Å². The van der Waals surface area contributed by atoms with Crippen LogP contribution in [-0.2, 0) is 4.74 Å². The van der Waals surface area contributed by atoms with E-state index < -0.39 is 0 Å². The lowest BCUT2D eigenvalue weighted by Gasteiger charge is -2.04. The lowest BCUT2D eigenvalue weighted by atomic mass is 10.3. The Balaban J connectivity index is 1.87. The molecule has 0 saturated heterocycles. The van der Waals surface area contributed by atoms with Crippen LogP contribution >= 0.6 is 34.5 Å². The summed E-state index contributed by atoms with van der Waals surface area (Å²) in [5.74, 6) is -0.195. The molecule has 0 atom stereocenters. The van der Waals surface area contributed by atoms with Crippen molar-refractivity contribution in [3.8, 4) is 0 Å². The molecule has 1 aromatic carbocycles. The van der Waals surface area contributed by atoms with Gasteiger partial charge in [0.25, 0.3) is 5.91 Å². The third-order valence-corrected chi connectivity index (χ3v) is 4.36. The summed E-state index contributed by atoms with van der Waals surface area (Å²) in [4.78, 5) is 16.2. The van der Waals surface area contributed by atoms with Gasteiger partial charge in [-0.1, -0.05) is 23.2 Å².